The molecule has 5 rings (SSSR count). The second kappa shape index (κ2) is 9.38. The van der Waals surface area contributed by atoms with Crippen molar-refractivity contribution in [3.8, 4) is 5.69 Å². The number of aryl methyl sites for hydroxylation is 1. The number of benzene rings is 1. The zero-order chi connectivity index (χ0) is 24.6. The highest BCUT2D eigenvalue weighted by atomic mass is 16.3. The fraction of sp³-hybridized carbons (Fsp3) is 0.367. The maximum absolute atomic E-state index is 5.66. The highest BCUT2D eigenvalue weighted by Gasteiger charge is 2.30. The number of hydrogen-bond donors (Lipinski definition) is 0. The Hall–Kier alpha value is -3.31. The van der Waals surface area contributed by atoms with E-state index in [0.717, 1.165) is 42.4 Å². The van der Waals surface area contributed by atoms with Crippen molar-refractivity contribution in [2.24, 2.45) is 0 Å². The van der Waals surface area contributed by atoms with Gasteiger partial charge in [-0.15, -0.1) is 0 Å². The molecule has 5 heteroatoms. The van der Waals surface area contributed by atoms with Crippen LogP contribution in [0.2, 0.25) is 0 Å². The van der Waals surface area contributed by atoms with Crippen LogP contribution in [-0.4, -0.2) is 20.7 Å². The Labute approximate surface area is 208 Å². The van der Waals surface area contributed by atoms with Gasteiger partial charge in [0, 0.05) is 23.2 Å². The molecule has 0 saturated carbocycles. The molecule has 0 N–H and O–H groups in total. The van der Waals surface area contributed by atoms with E-state index in [4.69, 9.17) is 13.9 Å². The molecule has 0 spiro atoms. The number of furan rings is 2. The van der Waals surface area contributed by atoms with E-state index < -0.39 is 0 Å². The molecule has 0 radical (unpaired) electrons. The fourth-order valence-corrected chi connectivity index (χ4v) is 5.21. The third-order valence-corrected chi connectivity index (χ3v) is 7.10. The van der Waals surface area contributed by atoms with E-state index in [1.165, 1.54) is 16.8 Å². The Morgan fingerprint density at radius 3 is 2.09 bits per heavy atom. The maximum atomic E-state index is 5.66. The van der Waals surface area contributed by atoms with Gasteiger partial charge in [-0.1, -0.05) is 45.1 Å². The van der Waals surface area contributed by atoms with Crippen LogP contribution in [0.3, 0.4) is 0 Å². The van der Waals surface area contributed by atoms with Gasteiger partial charge in [0.05, 0.1) is 37.0 Å². The lowest BCUT2D eigenvalue weighted by Gasteiger charge is -2.27. The summed E-state index contributed by atoms with van der Waals surface area (Å²) in [6.07, 6.45) is 9.18. The molecule has 4 aromatic rings. The van der Waals surface area contributed by atoms with Crippen LogP contribution in [-0.2, 0) is 18.5 Å². The molecule has 0 amide bonds. The third-order valence-electron chi connectivity index (χ3n) is 7.10. The van der Waals surface area contributed by atoms with Crippen LogP contribution in [0, 0.1) is 13.8 Å². The summed E-state index contributed by atoms with van der Waals surface area (Å²) in [5, 5.41) is 4.95. The monoisotopic (exact) mass is 469 g/mol. The zero-order valence-electron chi connectivity index (χ0n) is 21.4. The van der Waals surface area contributed by atoms with Crippen molar-refractivity contribution in [3.63, 3.8) is 0 Å². The van der Waals surface area contributed by atoms with Gasteiger partial charge in [-0.2, -0.15) is 5.10 Å². The molecule has 2 atom stereocenters. The molecule has 1 aliphatic rings. The Morgan fingerprint density at radius 1 is 0.914 bits per heavy atom. The minimum atomic E-state index is 0.138. The molecule has 1 aliphatic carbocycles. The predicted octanol–water partition coefficient (Wildman–Crippen LogP) is 7.09. The molecule has 0 fully saturated rings. The first-order valence-corrected chi connectivity index (χ1v) is 12.4. The highest BCUT2D eigenvalue weighted by molar-refractivity contribution is 5.43. The van der Waals surface area contributed by atoms with E-state index in [1.807, 2.05) is 24.3 Å². The standard InChI is InChI=1S/C30H35N3O2/c1-21-29(22(2)33(31-21)25-14-11-24(12-15-25)30(3,4)5)23-10-13-26(18-23)32(19-27-8-6-16-34-27)20-28-9-7-17-35-28/h6-17,23,26H,18-20H2,1-5H3/t23-,26+/m0/s1. The second-order valence-electron chi connectivity index (χ2n) is 10.7. The number of hydrogen-bond acceptors (Lipinski definition) is 4. The predicted molar refractivity (Wildman–Crippen MR) is 139 cm³/mol. The number of rotatable bonds is 7. The van der Waals surface area contributed by atoms with Gasteiger partial charge in [-0.25, -0.2) is 4.68 Å². The van der Waals surface area contributed by atoms with Gasteiger partial charge in [0.25, 0.3) is 0 Å². The van der Waals surface area contributed by atoms with Gasteiger partial charge in [0.1, 0.15) is 11.5 Å². The average Bonchev–Trinajstić information content (AvgIpc) is 3.62. The zero-order valence-corrected chi connectivity index (χ0v) is 21.4. The summed E-state index contributed by atoms with van der Waals surface area (Å²) < 4.78 is 13.4. The summed E-state index contributed by atoms with van der Waals surface area (Å²) in [6.45, 7) is 12.5. The summed E-state index contributed by atoms with van der Waals surface area (Å²) in [6, 6.07) is 17.1. The minimum absolute atomic E-state index is 0.138. The largest absolute Gasteiger partial charge is 0.468 e. The van der Waals surface area contributed by atoms with Crippen molar-refractivity contribution in [2.75, 3.05) is 0 Å². The first kappa shape index (κ1) is 23.4. The van der Waals surface area contributed by atoms with Gasteiger partial charge in [0.15, 0.2) is 0 Å². The number of allylic oxidation sites excluding steroid dienone is 1. The fourth-order valence-electron chi connectivity index (χ4n) is 5.21. The average molecular weight is 470 g/mol. The molecule has 3 heterocycles. The summed E-state index contributed by atoms with van der Waals surface area (Å²) in [5.41, 5.74) is 6.23. The van der Waals surface area contributed by atoms with Gasteiger partial charge in [-0.05, 0) is 67.6 Å². The van der Waals surface area contributed by atoms with Crippen LogP contribution >= 0.6 is 0 Å². The molecule has 0 bridgehead atoms. The molecular formula is C30H35N3O2. The lowest BCUT2D eigenvalue weighted by Crippen LogP contribution is -2.32. The quantitative estimate of drug-likeness (QED) is 0.271. The summed E-state index contributed by atoms with van der Waals surface area (Å²) >= 11 is 0. The molecule has 3 aromatic heterocycles. The topological polar surface area (TPSA) is 47.3 Å². The lowest BCUT2D eigenvalue weighted by atomic mass is 9.87. The van der Waals surface area contributed by atoms with Crippen molar-refractivity contribution in [1.82, 2.24) is 14.7 Å². The molecule has 1 aromatic carbocycles. The third kappa shape index (κ3) is 4.92. The van der Waals surface area contributed by atoms with Crippen molar-refractivity contribution in [1.29, 1.82) is 0 Å². The summed E-state index contributed by atoms with van der Waals surface area (Å²) in [4.78, 5) is 2.43. The highest BCUT2D eigenvalue weighted by Crippen LogP contribution is 2.36. The van der Waals surface area contributed by atoms with Gasteiger partial charge < -0.3 is 8.83 Å². The van der Waals surface area contributed by atoms with Gasteiger partial charge in [0.2, 0.25) is 0 Å². The van der Waals surface area contributed by atoms with Crippen LogP contribution in [0.4, 0.5) is 0 Å². The first-order valence-electron chi connectivity index (χ1n) is 12.4. The van der Waals surface area contributed by atoms with Crippen molar-refractivity contribution < 1.29 is 8.83 Å². The Balaban J connectivity index is 1.37. The normalized spacial score (nSPS) is 18.1. The summed E-state index contributed by atoms with van der Waals surface area (Å²) in [7, 11) is 0. The number of aromatic nitrogens is 2. The van der Waals surface area contributed by atoms with Crippen LogP contribution in [0.5, 0.6) is 0 Å². The van der Waals surface area contributed by atoms with Crippen LogP contribution in [0.15, 0.2) is 82.0 Å². The van der Waals surface area contributed by atoms with Crippen LogP contribution in [0.25, 0.3) is 5.69 Å². The molecule has 35 heavy (non-hydrogen) atoms. The van der Waals surface area contributed by atoms with Gasteiger partial charge >= 0.3 is 0 Å². The lowest BCUT2D eigenvalue weighted by molar-refractivity contribution is 0.176. The molecule has 182 valence electrons. The van der Waals surface area contributed by atoms with Gasteiger partial charge in [-0.3, -0.25) is 4.90 Å². The van der Waals surface area contributed by atoms with Crippen LogP contribution < -0.4 is 0 Å². The van der Waals surface area contributed by atoms with E-state index in [9.17, 15) is 0 Å². The second-order valence-corrected chi connectivity index (χ2v) is 10.7. The van der Waals surface area contributed by atoms with E-state index >= 15 is 0 Å². The van der Waals surface area contributed by atoms with Crippen LogP contribution in [0.1, 0.15) is 67.1 Å². The Kier molecular flexibility index (Phi) is 6.28. The summed E-state index contributed by atoms with van der Waals surface area (Å²) in [5.74, 6) is 2.26. The molecule has 5 nitrogen and oxygen atoms in total. The molecular weight excluding hydrogens is 434 g/mol. The van der Waals surface area contributed by atoms with E-state index in [0.29, 0.717) is 12.0 Å². The Morgan fingerprint density at radius 2 is 1.54 bits per heavy atom. The Bertz CT molecular complexity index is 1240. The molecule has 0 unspecified atom stereocenters. The van der Waals surface area contributed by atoms with E-state index in [2.05, 4.69) is 80.6 Å². The number of nitrogens with zero attached hydrogens (tertiary/aromatic N) is 3. The van der Waals surface area contributed by atoms with Crippen molar-refractivity contribution >= 4 is 0 Å². The minimum Gasteiger partial charge on any atom is -0.468 e. The molecule has 0 saturated heterocycles. The van der Waals surface area contributed by atoms with E-state index in [1.54, 1.807) is 12.5 Å². The molecule has 0 aliphatic heterocycles. The van der Waals surface area contributed by atoms with Crippen molar-refractivity contribution in [2.45, 2.75) is 71.5 Å². The SMILES string of the molecule is Cc1nn(-c2ccc(C(C)(C)C)cc2)c(C)c1[C@H]1C=C[C@@H](N(Cc2ccco2)Cc2ccco2)C1. The first-order chi connectivity index (χ1) is 16.8. The smallest absolute Gasteiger partial charge is 0.117 e. The maximum Gasteiger partial charge on any atom is 0.117 e. The van der Waals surface area contributed by atoms with Crippen molar-refractivity contribution in [3.05, 3.63) is 107 Å². The van der Waals surface area contributed by atoms with E-state index in [-0.39, 0.29) is 5.41 Å².